The molecule has 3 nitrogen and oxygen atoms in total. The van der Waals surface area contributed by atoms with Gasteiger partial charge in [-0.3, -0.25) is 4.79 Å². The van der Waals surface area contributed by atoms with Crippen LogP contribution in [0, 0.1) is 5.92 Å². The van der Waals surface area contributed by atoms with Crippen LogP contribution < -0.4 is 5.73 Å². The zero-order valence-electron chi connectivity index (χ0n) is 9.19. The van der Waals surface area contributed by atoms with Crippen LogP contribution in [0.3, 0.4) is 0 Å². The monoisotopic (exact) mass is 236 g/mol. The summed E-state index contributed by atoms with van der Waals surface area (Å²) in [4.78, 5) is 15.3. The second-order valence-corrected chi connectivity index (χ2v) is 5.62. The lowest BCUT2D eigenvalue weighted by atomic mass is 9.96. The quantitative estimate of drug-likeness (QED) is 0.846. The third kappa shape index (κ3) is 1.57. The van der Waals surface area contributed by atoms with Crippen LogP contribution in [0.1, 0.15) is 29.3 Å². The van der Waals surface area contributed by atoms with E-state index in [1.54, 1.807) is 0 Å². The maximum Gasteiger partial charge on any atom is 0.236 e. The number of carbonyl (C=O) groups excluding carboxylic acids is 1. The highest BCUT2D eigenvalue weighted by atomic mass is 32.1. The number of fused-ring (bicyclic) bond motifs is 1. The first-order valence-electron chi connectivity index (χ1n) is 5.87. The molecule has 1 unspecified atom stereocenters. The van der Waals surface area contributed by atoms with Crippen molar-refractivity contribution < 1.29 is 4.79 Å². The number of hydrogen-bond acceptors (Lipinski definition) is 3. The third-order valence-corrected chi connectivity index (χ3v) is 4.57. The molecule has 4 heteroatoms. The Morgan fingerprint density at radius 2 is 2.38 bits per heavy atom. The molecule has 1 aromatic rings. The van der Waals surface area contributed by atoms with E-state index in [-0.39, 0.29) is 12.5 Å². The van der Waals surface area contributed by atoms with Crippen LogP contribution in [-0.2, 0) is 11.2 Å². The van der Waals surface area contributed by atoms with Gasteiger partial charge >= 0.3 is 0 Å². The number of hydrogen-bond donors (Lipinski definition) is 1. The molecule has 0 spiro atoms. The van der Waals surface area contributed by atoms with Crippen LogP contribution in [0.2, 0.25) is 0 Å². The molecule has 1 aliphatic heterocycles. The molecule has 0 bridgehead atoms. The normalized spacial score (nSPS) is 24.3. The summed E-state index contributed by atoms with van der Waals surface area (Å²) >= 11 is 1.83. The Balaban J connectivity index is 1.94. The molecule has 1 atom stereocenters. The third-order valence-electron chi connectivity index (χ3n) is 3.58. The number of thiophene rings is 1. The standard InChI is InChI=1S/C12H16N2OS/c13-7-11(15)14-5-3-10-9(4-6-16-10)12(14)8-1-2-8/h4,6,8,12H,1-3,5,7,13H2. The summed E-state index contributed by atoms with van der Waals surface area (Å²) in [5.74, 6) is 0.790. The van der Waals surface area contributed by atoms with Crippen LogP contribution in [0.5, 0.6) is 0 Å². The highest BCUT2D eigenvalue weighted by Crippen LogP contribution is 2.48. The summed E-state index contributed by atoms with van der Waals surface area (Å²) in [6.45, 7) is 0.993. The molecule has 0 radical (unpaired) electrons. The molecule has 1 aromatic heterocycles. The van der Waals surface area contributed by atoms with Gasteiger partial charge in [-0.25, -0.2) is 0 Å². The molecular weight excluding hydrogens is 220 g/mol. The van der Waals surface area contributed by atoms with E-state index in [2.05, 4.69) is 11.4 Å². The average Bonchev–Trinajstić information content (AvgIpc) is 3.03. The van der Waals surface area contributed by atoms with Crippen molar-refractivity contribution in [2.24, 2.45) is 11.7 Å². The predicted octanol–water partition coefficient (Wildman–Crippen LogP) is 1.54. The summed E-state index contributed by atoms with van der Waals surface area (Å²) in [7, 11) is 0. The SMILES string of the molecule is NCC(=O)N1CCc2sccc2C1C1CC1. The number of carbonyl (C=O) groups is 1. The fourth-order valence-electron chi connectivity index (χ4n) is 2.66. The van der Waals surface area contributed by atoms with E-state index in [1.807, 2.05) is 16.2 Å². The van der Waals surface area contributed by atoms with Gasteiger partial charge < -0.3 is 10.6 Å². The van der Waals surface area contributed by atoms with E-state index >= 15 is 0 Å². The average molecular weight is 236 g/mol. The number of nitrogens with zero attached hydrogens (tertiary/aromatic N) is 1. The van der Waals surface area contributed by atoms with Crippen molar-refractivity contribution in [3.63, 3.8) is 0 Å². The molecule has 3 rings (SSSR count). The fraction of sp³-hybridized carbons (Fsp3) is 0.583. The lowest BCUT2D eigenvalue weighted by molar-refractivity contribution is -0.133. The smallest absolute Gasteiger partial charge is 0.236 e. The minimum Gasteiger partial charge on any atom is -0.334 e. The summed E-state index contributed by atoms with van der Waals surface area (Å²) < 4.78 is 0. The van der Waals surface area contributed by atoms with Crippen LogP contribution in [0.25, 0.3) is 0 Å². The molecule has 1 fully saturated rings. The highest BCUT2D eigenvalue weighted by molar-refractivity contribution is 7.10. The van der Waals surface area contributed by atoms with Gasteiger partial charge in [0, 0.05) is 11.4 Å². The topological polar surface area (TPSA) is 46.3 Å². The van der Waals surface area contributed by atoms with Crippen molar-refractivity contribution in [3.05, 3.63) is 21.9 Å². The molecule has 2 aliphatic rings. The zero-order valence-corrected chi connectivity index (χ0v) is 10.0. The lowest BCUT2D eigenvalue weighted by Crippen LogP contribution is -2.43. The second kappa shape index (κ2) is 3.86. The Morgan fingerprint density at radius 1 is 1.56 bits per heavy atom. The van der Waals surface area contributed by atoms with Gasteiger partial charge in [-0.1, -0.05) is 0 Å². The molecule has 1 aliphatic carbocycles. The molecule has 0 saturated heterocycles. The van der Waals surface area contributed by atoms with E-state index in [1.165, 1.54) is 23.3 Å². The first-order chi connectivity index (χ1) is 7.81. The molecule has 2 heterocycles. The van der Waals surface area contributed by atoms with Crippen LogP contribution in [0.15, 0.2) is 11.4 Å². The number of rotatable bonds is 2. The summed E-state index contributed by atoms with van der Waals surface area (Å²) in [5.41, 5.74) is 6.88. The van der Waals surface area contributed by atoms with Crippen molar-refractivity contribution in [1.82, 2.24) is 4.90 Å². The molecule has 16 heavy (non-hydrogen) atoms. The lowest BCUT2D eigenvalue weighted by Gasteiger charge is -2.36. The van der Waals surface area contributed by atoms with Crippen molar-refractivity contribution in [2.45, 2.75) is 25.3 Å². The Hall–Kier alpha value is -0.870. The van der Waals surface area contributed by atoms with E-state index in [4.69, 9.17) is 5.73 Å². The van der Waals surface area contributed by atoms with Crippen molar-refractivity contribution in [3.8, 4) is 0 Å². The Bertz CT molecular complexity index is 411. The van der Waals surface area contributed by atoms with Gasteiger partial charge in [0.05, 0.1) is 12.6 Å². The Morgan fingerprint density at radius 3 is 3.06 bits per heavy atom. The maximum atomic E-state index is 11.8. The fourth-order valence-corrected chi connectivity index (χ4v) is 3.58. The summed E-state index contributed by atoms with van der Waals surface area (Å²) in [5, 5.41) is 2.15. The molecule has 0 aromatic carbocycles. The highest BCUT2D eigenvalue weighted by Gasteiger charge is 2.41. The van der Waals surface area contributed by atoms with Crippen molar-refractivity contribution in [2.75, 3.05) is 13.1 Å². The zero-order chi connectivity index (χ0) is 11.1. The second-order valence-electron chi connectivity index (χ2n) is 4.62. The van der Waals surface area contributed by atoms with E-state index < -0.39 is 0 Å². The minimum absolute atomic E-state index is 0.105. The van der Waals surface area contributed by atoms with Crippen LogP contribution in [0.4, 0.5) is 0 Å². The molecule has 1 amide bonds. The van der Waals surface area contributed by atoms with Crippen LogP contribution in [-0.4, -0.2) is 23.9 Å². The largest absolute Gasteiger partial charge is 0.334 e. The molecule has 1 saturated carbocycles. The molecule has 86 valence electrons. The van der Waals surface area contributed by atoms with Gasteiger partial charge in [0.2, 0.25) is 5.91 Å². The van der Waals surface area contributed by atoms with E-state index in [0.29, 0.717) is 12.0 Å². The van der Waals surface area contributed by atoms with Crippen molar-refractivity contribution >= 4 is 17.2 Å². The van der Waals surface area contributed by atoms with E-state index in [9.17, 15) is 4.79 Å². The first kappa shape index (κ1) is 10.3. The number of nitrogens with two attached hydrogens (primary N) is 1. The maximum absolute atomic E-state index is 11.8. The minimum atomic E-state index is 0.105. The van der Waals surface area contributed by atoms with E-state index in [0.717, 1.165) is 13.0 Å². The first-order valence-corrected chi connectivity index (χ1v) is 6.75. The summed E-state index contributed by atoms with van der Waals surface area (Å²) in [6.07, 6.45) is 3.52. The van der Waals surface area contributed by atoms with Gasteiger partial charge in [0.15, 0.2) is 0 Å². The molecular formula is C12H16N2OS. The van der Waals surface area contributed by atoms with Gasteiger partial charge in [0.1, 0.15) is 0 Å². The predicted molar refractivity (Wildman–Crippen MR) is 64.3 cm³/mol. The Labute approximate surface area is 99.2 Å². The number of amides is 1. The van der Waals surface area contributed by atoms with Gasteiger partial charge in [-0.2, -0.15) is 0 Å². The summed E-state index contributed by atoms with van der Waals surface area (Å²) in [6, 6.07) is 2.52. The molecule has 2 N–H and O–H groups in total. The Kier molecular flexibility index (Phi) is 2.48. The van der Waals surface area contributed by atoms with Gasteiger partial charge in [-0.15, -0.1) is 11.3 Å². The van der Waals surface area contributed by atoms with Crippen molar-refractivity contribution in [1.29, 1.82) is 0 Å². The van der Waals surface area contributed by atoms with Gasteiger partial charge in [0.25, 0.3) is 0 Å². The van der Waals surface area contributed by atoms with Gasteiger partial charge in [-0.05, 0) is 42.2 Å². The van der Waals surface area contributed by atoms with Crippen LogP contribution >= 0.6 is 11.3 Å².